The molecule has 0 atom stereocenters. The molecule has 0 unspecified atom stereocenters. The second-order valence-corrected chi connectivity index (χ2v) is 6.71. The SMILES string of the molecule is O=S(=O)([O-])c1cc(O)c2c(O)cc(S(=O)(=O)O)cc2c1.[Na+]. The van der Waals surface area contributed by atoms with Crippen molar-refractivity contribution in [3.63, 3.8) is 0 Å². The van der Waals surface area contributed by atoms with E-state index >= 15 is 0 Å². The summed E-state index contributed by atoms with van der Waals surface area (Å²) in [5, 5.41) is 18.8. The van der Waals surface area contributed by atoms with E-state index in [0.29, 0.717) is 12.1 Å². The van der Waals surface area contributed by atoms with Crippen molar-refractivity contribution in [3.8, 4) is 11.5 Å². The van der Waals surface area contributed by atoms with Crippen molar-refractivity contribution in [2.24, 2.45) is 0 Å². The van der Waals surface area contributed by atoms with E-state index in [4.69, 9.17) is 4.55 Å². The van der Waals surface area contributed by atoms with Gasteiger partial charge in [-0.05, 0) is 23.6 Å². The maximum absolute atomic E-state index is 11.0. The Bertz CT molecular complexity index is 845. The fourth-order valence-electron chi connectivity index (χ4n) is 1.71. The average molecular weight is 342 g/mol. The number of aromatic hydroxyl groups is 2. The smallest absolute Gasteiger partial charge is 0.744 e. The Balaban J connectivity index is 0.00000220. The molecular formula is C10H7NaO8S2. The largest absolute Gasteiger partial charge is 1.00 e. The van der Waals surface area contributed by atoms with Crippen molar-refractivity contribution in [1.29, 1.82) is 0 Å². The van der Waals surface area contributed by atoms with E-state index in [1.807, 2.05) is 0 Å². The molecule has 0 saturated carbocycles. The van der Waals surface area contributed by atoms with E-state index in [9.17, 15) is 31.6 Å². The van der Waals surface area contributed by atoms with Gasteiger partial charge in [-0.2, -0.15) is 8.42 Å². The van der Waals surface area contributed by atoms with Crippen LogP contribution >= 0.6 is 0 Å². The molecule has 0 aliphatic carbocycles. The molecule has 0 aromatic heterocycles. The minimum Gasteiger partial charge on any atom is -0.744 e. The van der Waals surface area contributed by atoms with E-state index in [2.05, 4.69) is 0 Å². The molecule has 8 nitrogen and oxygen atoms in total. The zero-order valence-corrected chi connectivity index (χ0v) is 14.1. The molecule has 0 spiro atoms. The first-order chi connectivity index (χ1) is 9.00. The number of hydrogen-bond donors (Lipinski definition) is 3. The zero-order chi connectivity index (χ0) is 15.3. The van der Waals surface area contributed by atoms with Crippen LogP contribution in [-0.4, -0.2) is 36.2 Å². The van der Waals surface area contributed by atoms with Crippen molar-refractivity contribution in [2.45, 2.75) is 9.79 Å². The third-order valence-corrected chi connectivity index (χ3v) is 4.19. The summed E-state index contributed by atoms with van der Waals surface area (Å²) in [6.07, 6.45) is 0. The standard InChI is InChI=1S/C10H8O8S2.Na/c11-8-3-6(19(13,14)15)1-5-2-7(20(16,17)18)4-9(12)10(5)8;/h1-4,11-12H,(H,13,14,15)(H,16,17,18);/q;+1/p-1. The summed E-state index contributed by atoms with van der Waals surface area (Å²) >= 11 is 0. The maximum Gasteiger partial charge on any atom is 1.00 e. The minimum atomic E-state index is -4.88. The maximum atomic E-state index is 11.0. The Morgan fingerprint density at radius 3 is 1.71 bits per heavy atom. The van der Waals surface area contributed by atoms with E-state index in [1.54, 1.807) is 0 Å². The first kappa shape index (κ1) is 18.2. The second-order valence-electron chi connectivity index (χ2n) is 3.91. The number of rotatable bonds is 2. The van der Waals surface area contributed by atoms with Gasteiger partial charge in [0.05, 0.1) is 15.2 Å². The Kier molecular flexibility index (Phi) is 4.95. The third-order valence-electron chi connectivity index (χ3n) is 2.54. The van der Waals surface area contributed by atoms with Crippen molar-refractivity contribution >= 4 is 31.0 Å². The van der Waals surface area contributed by atoms with Gasteiger partial charge in [0.25, 0.3) is 10.1 Å². The molecule has 21 heavy (non-hydrogen) atoms. The van der Waals surface area contributed by atoms with Gasteiger partial charge < -0.3 is 14.8 Å². The second kappa shape index (κ2) is 5.72. The molecule has 11 heteroatoms. The molecule has 0 bridgehead atoms. The fraction of sp³-hybridized carbons (Fsp3) is 0. The van der Waals surface area contributed by atoms with Crippen LogP contribution in [0.2, 0.25) is 0 Å². The molecule has 0 saturated heterocycles. The molecular weight excluding hydrogens is 335 g/mol. The normalized spacial score (nSPS) is 12.1. The van der Waals surface area contributed by atoms with Gasteiger partial charge in [0.15, 0.2) is 0 Å². The summed E-state index contributed by atoms with van der Waals surface area (Å²) in [5.41, 5.74) is 0. The van der Waals surface area contributed by atoms with E-state index in [0.717, 1.165) is 12.1 Å². The van der Waals surface area contributed by atoms with Gasteiger partial charge in [0.1, 0.15) is 21.6 Å². The Morgan fingerprint density at radius 2 is 1.29 bits per heavy atom. The van der Waals surface area contributed by atoms with Crippen LogP contribution in [0.4, 0.5) is 0 Å². The first-order valence-corrected chi connectivity index (χ1v) is 7.78. The van der Waals surface area contributed by atoms with Crippen LogP contribution in [0, 0.1) is 0 Å². The number of phenolic OH excluding ortho intramolecular Hbond substituents is 2. The summed E-state index contributed by atoms with van der Waals surface area (Å²) in [6.45, 7) is 0. The van der Waals surface area contributed by atoms with Crippen LogP contribution in [0.15, 0.2) is 34.1 Å². The molecule has 2 aromatic rings. The zero-order valence-electron chi connectivity index (χ0n) is 10.5. The molecule has 0 heterocycles. The molecule has 0 aliphatic rings. The number of hydrogen-bond acceptors (Lipinski definition) is 7. The van der Waals surface area contributed by atoms with Gasteiger partial charge in [-0.1, -0.05) is 0 Å². The van der Waals surface area contributed by atoms with Gasteiger partial charge in [-0.3, -0.25) is 4.55 Å². The molecule has 2 aromatic carbocycles. The quantitative estimate of drug-likeness (QED) is 0.397. The predicted molar refractivity (Wildman–Crippen MR) is 65.1 cm³/mol. The van der Waals surface area contributed by atoms with Crippen molar-refractivity contribution in [3.05, 3.63) is 24.3 Å². The van der Waals surface area contributed by atoms with Crippen molar-refractivity contribution < 1.29 is 65.7 Å². The Hall–Kier alpha value is -0.880. The van der Waals surface area contributed by atoms with E-state index in [-0.39, 0.29) is 40.3 Å². The van der Waals surface area contributed by atoms with Gasteiger partial charge in [0, 0.05) is 6.07 Å². The summed E-state index contributed by atoms with van der Waals surface area (Å²) in [7, 11) is -9.53. The van der Waals surface area contributed by atoms with Gasteiger partial charge in [-0.25, -0.2) is 8.42 Å². The average Bonchev–Trinajstić information content (AvgIpc) is 2.25. The topological polar surface area (TPSA) is 152 Å². The number of benzene rings is 2. The molecule has 0 radical (unpaired) electrons. The summed E-state index contributed by atoms with van der Waals surface area (Å²) in [5.74, 6) is -1.40. The van der Waals surface area contributed by atoms with Crippen LogP contribution in [-0.2, 0) is 20.2 Å². The fourth-order valence-corrected chi connectivity index (χ4v) is 2.77. The number of phenols is 2. The first-order valence-electron chi connectivity index (χ1n) is 4.93. The van der Waals surface area contributed by atoms with Crippen LogP contribution < -0.4 is 29.6 Å². The molecule has 3 N–H and O–H groups in total. The molecule has 0 fully saturated rings. The third kappa shape index (κ3) is 3.66. The van der Waals surface area contributed by atoms with E-state index in [1.165, 1.54) is 0 Å². The minimum absolute atomic E-state index is 0. The van der Waals surface area contributed by atoms with E-state index < -0.39 is 41.5 Å². The predicted octanol–water partition coefficient (Wildman–Crippen LogP) is -2.59. The van der Waals surface area contributed by atoms with Crippen molar-refractivity contribution in [1.82, 2.24) is 0 Å². The Morgan fingerprint density at radius 1 is 0.857 bits per heavy atom. The van der Waals surface area contributed by atoms with Crippen LogP contribution in [0.1, 0.15) is 0 Å². The van der Waals surface area contributed by atoms with Gasteiger partial charge in [-0.15, -0.1) is 0 Å². The number of fused-ring (bicyclic) bond motifs is 1. The Labute approximate surface area is 141 Å². The van der Waals surface area contributed by atoms with Crippen LogP contribution in [0.25, 0.3) is 10.8 Å². The van der Waals surface area contributed by atoms with Crippen LogP contribution in [0.5, 0.6) is 11.5 Å². The van der Waals surface area contributed by atoms with Gasteiger partial charge >= 0.3 is 29.6 Å². The van der Waals surface area contributed by atoms with Crippen molar-refractivity contribution in [2.75, 3.05) is 0 Å². The molecule has 0 amide bonds. The molecule has 2 rings (SSSR count). The molecule has 0 aliphatic heterocycles. The summed E-state index contributed by atoms with van der Waals surface area (Å²) < 4.78 is 63.6. The summed E-state index contributed by atoms with van der Waals surface area (Å²) in [4.78, 5) is -1.50. The molecule has 108 valence electrons. The summed E-state index contributed by atoms with van der Waals surface area (Å²) in [6, 6.07) is 2.92. The van der Waals surface area contributed by atoms with Gasteiger partial charge in [0.2, 0.25) is 0 Å². The monoisotopic (exact) mass is 342 g/mol. The van der Waals surface area contributed by atoms with Crippen LogP contribution in [0.3, 0.4) is 0 Å².